The lowest BCUT2D eigenvalue weighted by Crippen LogP contribution is -2.62. The monoisotopic (exact) mass is 334 g/mol. The van der Waals surface area contributed by atoms with E-state index in [1.165, 1.54) is 0 Å². The van der Waals surface area contributed by atoms with Gasteiger partial charge >= 0.3 is 0 Å². The third-order valence-electron chi connectivity index (χ3n) is 4.48. The molecule has 0 rings (SSSR count). The molecule has 1 unspecified atom stereocenters. The summed E-state index contributed by atoms with van der Waals surface area (Å²) >= 11 is 0. The zero-order chi connectivity index (χ0) is 16.4. The summed E-state index contributed by atoms with van der Waals surface area (Å²) < 4.78 is 13.2. The molecule has 0 amide bonds. The molecule has 0 aliphatic carbocycles. The fourth-order valence-electron chi connectivity index (χ4n) is 2.87. The van der Waals surface area contributed by atoms with Gasteiger partial charge in [-0.25, -0.2) is 0 Å². The van der Waals surface area contributed by atoms with Crippen molar-refractivity contribution in [1.82, 2.24) is 0 Å². The molecule has 5 heteroatoms. The molecule has 0 fully saturated rings. The Kier molecular flexibility index (Phi) is 6.96. The Labute approximate surface area is 130 Å². The normalized spacial score (nSPS) is 16.4. The predicted octanol–water partition coefficient (Wildman–Crippen LogP) is 5.42. The van der Waals surface area contributed by atoms with Crippen LogP contribution in [0.3, 0.4) is 0 Å². The number of hydrogen-bond donors (Lipinski definition) is 0. The Bertz CT molecular complexity index is 299. The van der Waals surface area contributed by atoms with E-state index in [-0.39, 0.29) is 11.0 Å². The first kappa shape index (κ1) is 20.6. The number of rotatable bonds is 8. The van der Waals surface area contributed by atoms with E-state index in [0.717, 1.165) is 12.8 Å². The first-order valence-electron chi connectivity index (χ1n) is 8.09. The zero-order valence-corrected chi connectivity index (χ0v) is 18.8. The number of hydrogen-bond acceptors (Lipinski definition) is 2. The van der Waals surface area contributed by atoms with Crippen molar-refractivity contribution in [2.45, 2.75) is 96.9 Å². The maximum Gasteiger partial charge on any atom is 0.213 e. The fourth-order valence-corrected chi connectivity index (χ4v) is 11.7. The molecule has 20 heavy (non-hydrogen) atoms. The molecule has 0 heterocycles. The van der Waals surface area contributed by atoms with Gasteiger partial charge in [-0.2, -0.15) is 0 Å². The standard InChI is InChI=1S/C15H38O2Si3/c1-12-15(13-2,18(4,5)6)17-20(10,11)14(3)16-19(7,8)9/h14H,12-13H2,1-11H3. The summed E-state index contributed by atoms with van der Waals surface area (Å²) in [5.74, 6) is 0. The summed E-state index contributed by atoms with van der Waals surface area (Å²) in [5.41, 5.74) is 0.267. The van der Waals surface area contributed by atoms with E-state index in [1.807, 2.05) is 0 Å². The van der Waals surface area contributed by atoms with Gasteiger partial charge in [-0.3, -0.25) is 0 Å². The second-order valence-electron chi connectivity index (χ2n) is 8.53. The average Bonchev–Trinajstić information content (AvgIpc) is 2.21. The first-order chi connectivity index (χ1) is 8.71. The largest absolute Gasteiger partial charge is 0.415 e. The summed E-state index contributed by atoms with van der Waals surface area (Å²) in [6, 6.07) is 0. The van der Waals surface area contributed by atoms with E-state index in [2.05, 4.69) is 73.1 Å². The van der Waals surface area contributed by atoms with Crippen LogP contribution in [0.25, 0.3) is 0 Å². The van der Waals surface area contributed by atoms with Gasteiger partial charge < -0.3 is 8.85 Å². The Morgan fingerprint density at radius 1 is 0.850 bits per heavy atom. The van der Waals surface area contributed by atoms with E-state index in [4.69, 9.17) is 8.85 Å². The Morgan fingerprint density at radius 3 is 1.50 bits per heavy atom. The van der Waals surface area contributed by atoms with Crippen molar-refractivity contribution in [2.24, 2.45) is 0 Å². The van der Waals surface area contributed by atoms with Crippen LogP contribution in [-0.4, -0.2) is 35.7 Å². The average molecular weight is 335 g/mol. The maximum absolute atomic E-state index is 6.89. The van der Waals surface area contributed by atoms with Crippen LogP contribution >= 0.6 is 0 Å². The van der Waals surface area contributed by atoms with Gasteiger partial charge in [0.1, 0.15) is 0 Å². The highest BCUT2D eigenvalue weighted by atomic mass is 28.4. The first-order valence-corrected chi connectivity index (χ1v) is 18.0. The van der Waals surface area contributed by atoms with Crippen LogP contribution in [0.5, 0.6) is 0 Å². The lowest BCUT2D eigenvalue weighted by atomic mass is 10.2. The third kappa shape index (κ3) is 5.40. The van der Waals surface area contributed by atoms with Gasteiger partial charge in [-0.1, -0.05) is 33.5 Å². The van der Waals surface area contributed by atoms with E-state index < -0.39 is 24.7 Å². The molecule has 0 spiro atoms. The zero-order valence-electron chi connectivity index (χ0n) is 15.8. The highest BCUT2D eigenvalue weighted by Crippen LogP contribution is 2.36. The molecule has 122 valence electrons. The predicted molar refractivity (Wildman–Crippen MR) is 99.1 cm³/mol. The van der Waals surface area contributed by atoms with Gasteiger partial charge in [0.2, 0.25) is 8.32 Å². The van der Waals surface area contributed by atoms with Crippen molar-refractivity contribution in [2.75, 3.05) is 0 Å². The van der Waals surface area contributed by atoms with Crippen LogP contribution in [0.2, 0.25) is 52.4 Å². The van der Waals surface area contributed by atoms with Crippen molar-refractivity contribution in [3.63, 3.8) is 0 Å². The minimum atomic E-state index is -1.86. The van der Waals surface area contributed by atoms with Crippen LogP contribution in [0.1, 0.15) is 33.6 Å². The Balaban J connectivity index is 5.22. The van der Waals surface area contributed by atoms with E-state index in [9.17, 15) is 0 Å². The molecule has 0 radical (unpaired) electrons. The second kappa shape index (κ2) is 6.77. The lowest BCUT2D eigenvalue weighted by molar-refractivity contribution is 0.104. The van der Waals surface area contributed by atoms with Crippen LogP contribution < -0.4 is 0 Å². The minimum absolute atomic E-state index is 0.0970. The minimum Gasteiger partial charge on any atom is -0.415 e. The van der Waals surface area contributed by atoms with Crippen molar-refractivity contribution in [1.29, 1.82) is 0 Å². The highest BCUT2D eigenvalue weighted by molar-refractivity contribution is 6.81. The summed E-state index contributed by atoms with van der Waals surface area (Å²) in [7, 11) is -4.75. The highest BCUT2D eigenvalue weighted by Gasteiger charge is 2.47. The molecule has 0 aromatic carbocycles. The molecule has 0 aliphatic heterocycles. The Hall–Kier alpha value is 0.571. The van der Waals surface area contributed by atoms with Gasteiger partial charge in [0.25, 0.3) is 0 Å². The Morgan fingerprint density at radius 2 is 1.25 bits per heavy atom. The molecule has 0 aliphatic rings. The molecule has 0 aromatic rings. The topological polar surface area (TPSA) is 18.5 Å². The van der Waals surface area contributed by atoms with E-state index in [1.54, 1.807) is 0 Å². The van der Waals surface area contributed by atoms with Gasteiger partial charge in [-0.05, 0) is 52.5 Å². The lowest BCUT2D eigenvalue weighted by Gasteiger charge is -2.49. The third-order valence-corrected chi connectivity index (χ3v) is 12.5. The fraction of sp³-hybridized carbons (Fsp3) is 1.00. The van der Waals surface area contributed by atoms with Crippen LogP contribution in [-0.2, 0) is 8.85 Å². The molecule has 0 saturated heterocycles. The molecule has 2 nitrogen and oxygen atoms in total. The van der Waals surface area contributed by atoms with Crippen molar-refractivity contribution < 1.29 is 8.85 Å². The van der Waals surface area contributed by atoms with Gasteiger partial charge in [-0.15, -0.1) is 0 Å². The molecule has 0 N–H and O–H groups in total. The van der Waals surface area contributed by atoms with Gasteiger partial charge in [0.05, 0.1) is 13.8 Å². The van der Waals surface area contributed by atoms with Crippen LogP contribution in [0.4, 0.5) is 0 Å². The summed E-state index contributed by atoms with van der Waals surface area (Å²) in [4.78, 5) is 0. The summed E-state index contributed by atoms with van der Waals surface area (Å²) in [5, 5.41) is 0.0970. The smallest absolute Gasteiger partial charge is 0.213 e. The van der Waals surface area contributed by atoms with Crippen LogP contribution in [0.15, 0.2) is 0 Å². The molecule has 0 aromatic heterocycles. The van der Waals surface area contributed by atoms with Gasteiger partial charge in [0, 0.05) is 5.22 Å². The second-order valence-corrected chi connectivity index (χ2v) is 22.6. The molecule has 1 atom stereocenters. The van der Waals surface area contributed by atoms with Gasteiger partial charge in [0.15, 0.2) is 8.32 Å². The van der Waals surface area contributed by atoms with Crippen LogP contribution in [0, 0.1) is 0 Å². The van der Waals surface area contributed by atoms with Crippen molar-refractivity contribution in [3.05, 3.63) is 0 Å². The van der Waals surface area contributed by atoms with Crippen molar-refractivity contribution in [3.8, 4) is 0 Å². The molecular formula is C15H38O2Si3. The SMILES string of the molecule is CCC(CC)(O[Si](C)(C)C(C)O[Si](C)(C)C)[Si](C)(C)C. The summed E-state index contributed by atoms with van der Waals surface area (Å²) in [6.07, 6.45) is 2.24. The van der Waals surface area contributed by atoms with E-state index >= 15 is 0 Å². The van der Waals surface area contributed by atoms with E-state index in [0.29, 0.717) is 0 Å². The molecular weight excluding hydrogens is 296 g/mol. The maximum atomic E-state index is 6.89. The molecule has 0 saturated carbocycles. The molecule has 0 bridgehead atoms. The quantitative estimate of drug-likeness (QED) is 0.551. The summed E-state index contributed by atoms with van der Waals surface area (Å²) in [6.45, 7) is 25.6. The van der Waals surface area contributed by atoms with Crippen molar-refractivity contribution >= 4 is 24.7 Å².